The number of carbonyl (C=O) groups excluding carboxylic acids is 1. The molecule has 0 bridgehead atoms. The van der Waals surface area contributed by atoms with Gasteiger partial charge in [0.2, 0.25) is 11.0 Å². The maximum atomic E-state index is 12.5. The minimum absolute atomic E-state index is 0.0694. The second-order valence-electron chi connectivity index (χ2n) is 6.25. The van der Waals surface area contributed by atoms with Crippen molar-refractivity contribution in [3.05, 3.63) is 40.2 Å². The van der Waals surface area contributed by atoms with E-state index in [-0.39, 0.29) is 17.5 Å². The molecule has 0 atom stereocenters. The number of aryl methyl sites for hydroxylation is 1. The van der Waals surface area contributed by atoms with Crippen LogP contribution in [0.5, 0.6) is 0 Å². The van der Waals surface area contributed by atoms with Gasteiger partial charge in [0.15, 0.2) is 4.34 Å². The van der Waals surface area contributed by atoms with E-state index in [0.717, 1.165) is 29.3 Å². The highest BCUT2D eigenvalue weighted by molar-refractivity contribution is 8.01. The molecule has 0 saturated heterocycles. The van der Waals surface area contributed by atoms with Gasteiger partial charge in [-0.2, -0.15) is 0 Å². The lowest BCUT2D eigenvalue weighted by Crippen LogP contribution is -2.32. The number of hydrogen-bond donors (Lipinski definition) is 1. The summed E-state index contributed by atoms with van der Waals surface area (Å²) in [6.07, 6.45) is 2.47. The van der Waals surface area contributed by atoms with E-state index in [1.54, 1.807) is 4.90 Å². The maximum Gasteiger partial charge on any atom is 0.262 e. The summed E-state index contributed by atoms with van der Waals surface area (Å²) < 4.78 is 0.665. The van der Waals surface area contributed by atoms with Gasteiger partial charge in [0.1, 0.15) is 0 Å². The molecule has 1 amide bonds. The van der Waals surface area contributed by atoms with Gasteiger partial charge >= 0.3 is 0 Å². The summed E-state index contributed by atoms with van der Waals surface area (Å²) in [6, 6.07) is 7.99. The molecule has 4 rings (SSSR count). The highest BCUT2D eigenvalue weighted by Gasteiger charge is 2.35. The number of aromatic amines is 1. The van der Waals surface area contributed by atoms with Gasteiger partial charge in [0.25, 0.3) is 5.56 Å². The zero-order chi connectivity index (χ0) is 18.3. The van der Waals surface area contributed by atoms with Crippen molar-refractivity contribution in [2.24, 2.45) is 0 Å². The Morgan fingerprint density at radius 3 is 2.85 bits per heavy atom. The van der Waals surface area contributed by atoms with Crippen LogP contribution in [0.4, 0.5) is 5.13 Å². The highest BCUT2D eigenvalue weighted by Crippen LogP contribution is 2.38. The van der Waals surface area contributed by atoms with E-state index in [2.05, 4.69) is 15.2 Å². The summed E-state index contributed by atoms with van der Waals surface area (Å²) in [5, 5.41) is 10.0. The molecule has 0 aliphatic heterocycles. The van der Waals surface area contributed by atoms with Gasteiger partial charge in [-0.1, -0.05) is 48.2 Å². The van der Waals surface area contributed by atoms with Gasteiger partial charge in [-0.3, -0.25) is 14.5 Å². The van der Waals surface area contributed by atoms with Gasteiger partial charge in [0, 0.05) is 23.4 Å². The Kier molecular flexibility index (Phi) is 4.54. The van der Waals surface area contributed by atoms with Crippen LogP contribution in [0.25, 0.3) is 10.9 Å². The predicted molar refractivity (Wildman–Crippen MR) is 104 cm³/mol. The Balaban J connectivity index is 1.67. The number of para-hydroxylation sites is 1. The Morgan fingerprint density at radius 1 is 1.35 bits per heavy atom. The largest absolute Gasteiger partial charge is 0.321 e. The van der Waals surface area contributed by atoms with Crippen molar-refractivity contribution in [1.82, 2.24) is 15.2 Å². The van der Waals surface area contributed by atoms with Gasteiger partial charge in [0.05, 0.1) is 4.90 Å². The topological polar surface area (TPSA) is 79.0 Å². The molecule has 2 heterocycles. The molecule has 0 unspecified atom stereocenters. The number of fused-ring (bicyclic) bond motifs is 1. The number of pyridine rings is 1. The summed E-state index contributed by atoms with van der Waals surface area (Å²) in [5.41, 5.74) is 1.62. The van der Waals surface area contributed by atoms with Crippen LogP contribution in [0, 0.1) is 6.92 Å². The van der Waals surface area contributed by atoms with E-state index >= 15 is 0 Å². The number of aromatic nitrogens is 3. The maximum absolute atomic E-state index is 12.5. The number of carbonyl (C=O) groups is 1. The number of anilines is 1. The van der Waals surface area contributed by atoms with Gasteiger partial charge in [-0.05, 0) is 31.4 Å². The molecule has 26 heavy (non-hydrogen) atoms. The highest BCUT2D eigenvalue weighted by atomic mass is 32.2. The molecule has 6 nitrogen and oxygen atoms in total. The minimum atomic E-state index is -0.133. The van der Waals surface area contributed by atoms with Crippen LogP contribution in [0.1, 0.15) is 31.7 Å². The molecular weight excluding hydrogens is 368 g/mol. The molecule has 2 aromatic heterocycles. The average molecular weight is 387 g/mol. The number of nitrogens with zero attached hydrogens (tertiary/aromatic N) is 3. The van der Waals surface area contributed by atoms with Crippen molar-refractivity contribution in [2.45, 2.75) is 48.4 Å². The molecule has 8 heteroatoms. The lowest BCUT2D eigenvalue weighted by Gasteiger charge is -2.17. The van der Waals surface area contributed by atoms with Crippen LogP contribution in [0.15, 0.2) is 38.3 Å². The first-order valence-electron chi connectivity index (χ1n) is 8.53. The van der Waals surface area contributed by atoms with E-state index < -0.39 is 0 Å². The molecule has 1 N–H and O–H groups in total. The standard InChI is InChI=1S/C18H18N4O2S2/c1-3-14(23)22(11-8-9-11)17-20-21-18(26-17)25-15-10(2)12-6-4-5-7-13(12)19-16(15)24/h4-7,11H,3,8-9H2,1-2H3,(H,19,24). The lowest BCUT2D eigenvalue weighted by molar-refractivity contribution is -0.118. The monoisotopic (exact) mass is 386 g/mol. The van der Waals surface area contributed by atoms with Gasteiger partial charge in [-0.25, -0.2) is 0 Å². The van der Waals surface area contributed by atoms with E-state index in [9.17, 15) is 9.59 Å². The van der Waals surface area contributed by atoms with Gasteiger partial charge < -0.3 is 4.98 Å². The van der Waals surface area contributed by atoms with Crippen LogP contribution in [-0.2, 0) is 4.79 Å². The van der Waals surface area contributed by atoms with Crippen molar-refractivity contribution in [3.8, 4) is 0 Å². The van der Waals surface area contributed by atoms with Crippen LogP contribution in [-0.4, -0.2) is 27.1 Å². The molecule has 1 fully saturated rings. The SMILES string of the molecule is CCC(=O)N(c1nnc(Sc2c(C)c3ccccc3[nH]c2=O)s1)C1CC1. The zero-order valence-electron chi connectivity index (χ0n) is 14.5. The summed E-state index contributed by atoms with van der Waals surface area (Å²) in [7, 11) is 0. The molecule has 1 aromatic carbocycles. The molecular formula is C18H18N4O2S2. The first-order valence-corrected chi connectivity index (χ1v) is 10.2. The molecule has 0 radical (unpaired) electrons. The first-order chi connectivity index (χ1) is 12.6. The normalized spacial score (nSPS) is 13.9. The second kappa shape index (κ2) is 6.85. The summed E-state index contributed by atoms with van der Waals surface area (Å²) >= 11 is 2.67. The number of amides is 1. The summed E-state index contributed by atoms with van der Waals surface area (Å²) in [4.78, 5) is 30.0. The Labute approximate surface area is 158 Å². The molecule has 1 aliphatic carbocycles. The Morgan fingerprint density at radius 2 is 2.12 bits per heavy atom. The Hall–Kier alpha value is -2.19. The predicted octanol–water partition coefficient (Wildman–Crippen LogP) is 3.74. The van der Waals surface area contributed by atoms with Crippen LogP contribution < -0.4 is 10.5 Å². The third-order valence-corrected chi connectivity index (χ3v) is 6.57. The molecule has 134 valence electrons. The minimum Gasteiger partial charge on any atom is -0.321 e. The van der Waals surface area contributed by atoms with Crippen molar-refractivity contribution in [2.75, 3.05) is 4.90 Å². The van der Waals surface area contributed by atoms with E-state index in [0.29, 0.717) is 20.8 Å². The number of rotatable bonds is 5. The third kappa shape index (κ3) is 3.14. The van der Waals surface area contributed by atoms with Crippen molar-refractivity contribution >= 4 is 45.0 Å². The molecule has 0 spiro atoms. The molecule has 1 saturated carbocycles. The van der Waals surface area contributed by atoms with E-state index in [1.165, 1.54) is 23.1 Å². The third-order valence-electron chi connectivity index (χ3n) is 4.40. The van der Waals surface area contributed by atoms with Crippen molar-refractivity contribution in [3.63, 3.8) is 0 Å². The molecule has 1 aliphatic rings. The fraction of sp³-hybridized carbons (Fsp3) is 0.333. The second-order valence-corrected chi connectivity index (χ2v) is 8.47. The quantitative estimate of drug-likeness (QED) is 0.676. The van der Waals surface area contributed by atoms with Gasteiger partial charge in [-0.15, -0.1) is 10.2 Å². The number of hydrogen-bond acceptors (Lipinski definition) is 6. The fourth-order valence-corrected chi connectivity index (χ4v) is 4.88. The summed E-state index contributed by atoms with van der Waals surface area (Å²) in [6.45, 7) is 3.80. The van der Waals surface area contributed by atoms with Crippen LogP contribution in [0.3, 0.4) is 0 Å². The Bertz CT molecular complexity index is 1040. The van der Waals surface area contributed by atoms with Crippen LogP contribution in [0.2, 0.25) is 0 Å². The fourth-order valence-electron chi connectivity index (χ4n) is 2.91. The molecule has 3 aromatic rings. The zero-order valence-corrected chi connectivity index (χ0v) is 16.1. The lowest BCUT2D eigenvalue weighted by atomic mass is 10.1. The van der Waals surface area contributed by atoms with E-state index in [4.69, 9.17) is 0 Å². The smallest absolute Gasteiger partial charge is 0.262 e. The van der Waals surface area contributed by atoms with E-state index in [1.807, 2.05) is 38.1 Å². The van der Waals surface area contributed by atoms with Crippen molar-refractivity contribution in [1.29, 1.82) is 0 Å². The number of nitrogens with one attached hydrogen (secondary N) is 1. The number of benzene rings is 1. The number of H-pyrrole nitrogens is 1. The first kappa shape index (κ1) is 17.2. The summed E-state index contributed by atoms with van der Waals surface area (Å²) in [5.74, 6) is 0.0694. The van der Waals surface area contributed by atoms with Crippen LogP contribution >= 0.6 is 23.1 Å². The average Bonchev–Trinajstić information content (AvgIpc) is 3.37. The van der Waals surface area contributed by atoms with Crippen molar-refractivity contribution < 1.29 is 4.79 Å².